The molecule has 0 bridgehead atoms. The molecule has 10 heteroatoms. The van der Waals surface area contributed by atoms with E-state index >= 15 is 0 Å². The smallest absolute Gasteiger partial charge is 0.403 e. The Hall–Kier alpha value is -3.04. The summed E-state index contributed by atoms with van der Waals surface area (Å²) in [6, 6.07) is 4.97. The van der Waals surface area contributed by atoms with Crippen LogP contribution in [0.4, 0.5) is 29.1 Å². The highest BCUT2D eigenvalue weighted by Crippen LogP contribution is 2.34. The Morgan fingerprint density at radius 2 is 2.15 bits per heavy atom. The number of benzene rings is 1. The highest BCUT2D eigenvalue weighted by atomic mass is 19.4. The van der Waals surface area contributed by atoms with Crippen molar-refractivity contribution < 1.29 is 27.1 Å². The second-order valence-electron chi connectivity index (χ2n) is 5.96. The minimum atomic E-state index is -4.97. The molecular formula is C17H16F4N4O2. The minimum Gasteiger partial charge on any atom is -0.403 e. The Morgan fingerprint density at radius 1 is 1.37 bits per heavy atom. The first-order valence-electron chi connectivity index (χ1n) is 8.02. The predicted molar refractivity (Wildman–Crippen MR) is 89.0 cm³/mol. The van der Waals surface area contributed by atoms with Crippen molar-refractivity contribution in [3.8, 4) is 5.75 Å². The summed E-state index contributed by atoms with van der Waals surface area (Å²) < 4.78 is 56.4. The lowest BCUT2D eigenvalue weighted by atomic mass is 10.1. The van der Waals surface area contributed by atoms with Gasteiger partial charge in [-0.25, -0.2) is 9.07 Å². The van der Waals surface area contributed by atoms with Crippen molar-refractivity contribution in [2.75, 3.05) is 18.0 Å². The molecule has 1 amide bonds. The lowest BCUT2D eigenvalue weighted by Crippen LogP contribution is -2.41. The molecule has 6 nitrogen and oxygen atoms in total. The Morgan fingerprint density at radius 3 is 2.81 bits per heavy atom. The molecule has 1 atom stereocenters. The van der Waals surface area contributed by atoms with Gasteiger partial charge in [-0.2, -0.15) is 5.10 Å². The number of hydrogen-bond donors (Lipinski definition) is 1. The van der Waals surface area contributed by atoms with Crippen molar-refractivity contribution in [2.24, 2.45) is 5.92 Å². The molecule has 0 spiro atoms. The second kappa shape index (κ2) is 7.29. The van der Waals surface area contributed by atoms with E-state index in [9.17, 15) is 22.4 Å². The van der Waals surface area contributed by atoms with Crippen LogP contribution in [0.1, 0.15) is 0 Å². The van der Waals surface area contributed by atoms with E-state index in [4.69, 9.17) is 0 Å². The number of amides is 1. The molecule has 1 N–H and O–H groups in total. The number of rotatable bonds is 5. The van der Waals surface area contributed by atoms with E-state index in [1.54, 1.807) is 21.8 Å². The zero-order chi connectivity index (χ0) is 19.6. The van der Waals surface area contributed by atoms with Crippen LogP contribution >= 0.6 is 0 Å². The first-order valence-corrected chi connectivity index (χ1v) is 8.02. The van der Waals surface area contributed by atoms with Crippen LogP contribution in [0.15, 0.2) is 43.1 Å². The fourth-order valence-electron chi connectivity index (χ4n) is 2.90. The molecule has 1 aromatic heterocycles. The van der Waals surface area contributed by atoms with Crippen LogP contribution in [0.5, 0.6) is 5.75 Å². The molecule has 2 aromatic rings. The summed E-state index contributed by atoms with van der Waals surface area (Å²) in [6.07, 6.45) is -2.24. The van der Waals surface area contributed by atoms with E-state index < -0.39 is 17.9 Å². The van der Waals surface area contributed by atoms with E-state index in [0.29, 0.717) is 31.1 Å². The third kappa shape index (κ3) is 4.39. The van der Waals surface area contributed by atoms with Crippen molar-refractivity contribution >= 4 is 17.4 Å². The molecule has 0 unspecified atom stereocenters. The Labute approximate surface area is 152 Å². The summed E-state index contributed by atoms with van der Waals surface area (Å²) in [4.78, 5) is 13.1. The van der Waals surface area contributed by atoms with E-state index in [-0.39, 0.29) is 11.8 Å². The van der Waals surface area contributed by atoms with Crippen molar-refractivity contribution in [3.05, 3.63) is 48.9 Å². The number of hydrogen-bond acceptors (Lipinski definition) is 4. The molecule has 2 heterocycles. The van der Waals surface area contributed by atoms with Gasteiger partial charge in [0.2, 0.25) is 5.91 Å². The molecule has 0 saturated carbocycles. The van der Waals surface area contributed by atoms with Gasteiger partial charge >= 0.3 is 6.36 Å². The highest BCUT2D eigenvalue weighted by Gasteiger charge is 2.33. The topological polar surface area (TPSA) is 59.4 Å². The Bertz CT molecular complexity index is 850. The number of ether oxygens (including phenoxy) is 1. The van der Waals surface area contributed by atoms with Gasteiger partial charge in [-0.1, -0.05) is 6.58 Å². The summed E-state index contributed by atoms with van der Waals surface area (Å²) in [5.74, 6) is -1.71. The van der Waals surface area contributed by atoms with Crippen molar-refractivity contribution in [1.82, 2.24) is 15.1 Å². The van der Waals surface area contributed by atoms with Crippen LogP contribution in [0.2, 0.25) is 0 Å². The van der Waals surface area contributed by atoms with Crippen LogP contribution in [-0.4, -0.2) is 35.1 Å². The fourth-order valence-corrected chi connectivity index (χ4v) is 2.90. The van der Waals surface area contributed by atoms with Crippen LogP contribution in [0.25, 0.3) is 0 Å². The number of alkyl halides is 3. The quantitative estimate of drug-likeness (QED) is 0.636. The van der Waals surface area contributed by atoms with Gasteiger partial charge in [0.05, 0.1) is 6.20 Å². The first-order chi connectivity index (χ1) is 12.8. The summed E-state index contributed by atoms with van der Waals surface area (Å²) in [5.41, 5.74) is 0.350. The fraction of sp³-hybridized carbons (Fsp3) is 0.294. The third-order valence-corrected chi connectivity index (χ3v) is 4.05. The maximum Gasteiger partial charge on any atom is 0.573 e. The number of aromatic nitrogens is 2. The molecule has 144 valence electrons. The van der Waals surface area contributed by atoms with Crippen molar-refractivity contribution in [2.45, 2.75) is 12.9 Å². The van der Waals surface area contributed by atoms with Gasteiger partial charge in [-0.3, -0.25) is 4.79 Å². The molecule has 1 aliphatic rings. The number of halogens is 4. The molecule has 0 radical (unpaired) electrons. The molecule has 0 aliphatic carbocycles. The monoisotopic (exact) mass is 384 g/mol. The van der Waals surface area contributed by atoms with Crippen LogP contribution in [-0.2, 0) is 11.3 Å². The van der Waals surface area contributed by atoms with E-state index in [0.717, 1.165) is 18.2 Å². The molecule has 0 fully saturated rings. The second-order valence-corrected chi connectivity index (χ2v) is 5.96. The zero-order valence-corrected chi connectivity index (χ0v) is 14.0. The largest absolute Gasteiger partial charge is 0.573 e. The number of nitrogens with one attached hydrogen (secondary N) is 1. The summed E-state index contributed by atoms with van der Waals surface area (Å²) >= 11 is 0. The zero-order valence-electron chi connectivity index (χ0n) is 14.0. The van der Waals surface area contributed by atoms with Crippen LogP contribution < -0.4 is 15.0 Å². The van der Waals surface area contributed by atoms with Gasteiger partial charge in [-0.05, 0) is 18.2 Å². The Kier molecular flexibility index (Phi) is 5.06. The first kappa shape index (κ1) is 18.7. The minimum absolute atomic E-state index is 0.0459. The summed E-state index contributed by atoms with van der Waals surface area (Å²) in [6.45, 7) is 4.68. The molecular weight excluding hydrogens is 368 g/mol. The Balaban J connectivity index is 1.83. The summed E-state index contributed by atoms with van der Waals surface area (Å²) in [5, 5.41) is 6.89. The molecule has 3 rings (SSSR count). The van der Waals surface area contributed by atoms with Crippen molar-refractivity contribution in [3.63, 3.8) is 0 Å². The molecule has 1 aliphatic heterocycles. The van der Waals surface area contributed by atoms with Gasteiger partial charge in [0.15, 0.2) is 11.6 Å². The third-order valence-electron chi connectivity index (χ3n) is 4.05. The number of fused-ring (bicyclic) bond motifs is 1. The molecule has 0 saturated heterocycles. The predicted octanol–water partition coefficient (Wildman–Crippen LogP) is 2.99. The number of anilines is 2. The van der Waals surface area contributed by atoms with Gasteiger partial charge in [0.25, 0.3) is 0 Å². The van der Waals surface area contributed by atoms with Gasteiger partial charge in [-0.15, -0.1) is 13.2 Å². The standard InChI is InChI=1S/C17H16F4N4O2/c1-2-15(26)22-8-11-9-24(16-5-6-23-25(16)10-11)12-3-4-14(13(18)7-12)27-17(19,20)21/h2-7,11H,1,8-10H2,(H,22,26)/t11-/m1/s1. The van der Waals surface area contributed by atoms with Crippen LogP contribution in [0.3, 0.4) is 0 Å². The van der Waals surface area contributed by atoms with Crippen LogP contribution in [0, 0.1) is 11.7 Å². The lowest BCUT2D eigenvalue weighted by molar-refractivity contribution is -0.275. The SMILES string of the molecule is C=CC(=O)NC[C@@H]1CN(c2ccc(OC(F)(F)F)c(F)c2)c2ccnn2C1. The number of carbonyl (C=O) groups is 1. The average Bonchev–Trinajstić information content (AvgIpc) is 3.08. The maximum atomic E-state index is 14.1. The number of carbonyl (C=O) groups excluding carboxylic acids is 1. The molecule has 27 heavy (non-hydrogen) atoms. The van der Waals surface area contributed by atoms with E-state index in [1.807, 2.05) is 0 Å². The summed E-state index contributed by atoms with van der Waals surface area (Å²) in [7, 11) is 0. The maximum absolute atomic E-state index is 14.1. The van der Waals surface area contributed by atoms with Crippen molar-refractivity contribution in [1.29, 1.82) is 0 Å². The highest BCUT2D eigenvalue weighted by molar-refractivity contribution is 5.86. The van der Waals surface area contributed by atoms with Gasteiger partial charge in [0.1, 0.15) is 5.82 Å². The van der Waals surface area contributed by atoms with Gasteiger partial charge < -0.3 is 15.0 Å². The number of nitrogens with zero attached hydrogens (tertiary/aromatic N) is 3. The average molecular weight is 384 g/mol. The molecule has 1 aromatic carbocycles. The van der Waals surface area contributed by atoms with E-state index in [1.165, 1.54) is 6.07 Å². The normalized spacial score (nSPS) is 16.6. The lowest BCUT2D eigenvalue weighted by Gasteiger charge is -2.35. The van der Waals surface area contributed by atoms with E-state index in [2.05, 4.69) is 21.7 Å². The van der Waals surface area contributed by atoms with Gasteiger partial charge in [0, 0.05) is 43.4 Å².